The minimum Gasteiger partial charge on any atom is -0.377 e. The Hall–Kier alpha value is -0.130. The maximum Gasteiger partial charge on any atom is 0.214 e. The molecule has 17 heavy (non-hydrogen) atoms. The lowest BCUT2D eigenvalue weighted by Gasteiger charge is -2.18. The van der Waals surface area contributed by atoms with E-state index < -0.39 is 10.0 Å². The predicted molar refractivity (Wildman–Crippen MR) is 67.3 cm³/mol. The van der Waals surface area contributed by atoms with E-state index in [1.54, 1.807) is 0 Å². The van der Waals surface area contributed by atoms with Crippen LogP contribution in [-0.4, -0.2) is 32.9 Å². The highest BCUT2D eigenvalue weighted by Crippen LogP contribution is 2.37. The van der Waals surface area contributed by atoms with Crippen molar-refractivity contribution in [3.05, 3.63) is 0 Å². The van der Waals surface area contributed by atoms with Gasteiger partial charge in [0.25, 0.3) is 0 Å². The number of nitrogens with one attached hydrogen (secondary N) is 1. The van der Waals surface area contributed by atoms with Crippen molar-refractivity contribution in [3.63, 3.8) is 0 Å². The van der Waals surface area contributed by atoms with Crippen molar-refractivity contribution in [1.82, 2.24) is 4.72 Å². The molecule has 0 radical (unpaired) electrons. The van der Waals surface area contributed by atoms with Gasteiger partial charge in [-0.05, 0) is 37.5 Å². The normalized spacial score (nSPS) is 33.1. The number of hydrogen-bond acceptors (Lipinski definition) is 3. The molecule has 0 aromatic heterocycles. The molecule has 0 aromatic carbocycles. The third-order valence-electron chi connectivity index (χ3n) is 3.74. The fourth-order valence-electron chi connectivity index (χ4n) is 2.86. The van der Waals surface area contributed by atoms with Gasteiger partial charge in [0.2, 0.25) is 10.0 Å². The number of rotatable bonds is 4. The third kappa shape index (κ3) is 3.93. The van der Waals surface area contributed by atoms with Crippen LogP contribution >= 0.6 is 0 Å². The molecule has 2 aliphatic rings. The molecule has 2 atom stereocenters. The fraction of sp³-hybridized carbons (Fsp3) is 1.00. The second kappa shape index (κ2) is 4.86. The van der Waals surface area contributed by atoms with Crippen LogP contribution in [0.2, 0.25) is 0 Å². The average molecular weight is 261 g/mol. The maximum absolute atomic E-state index is 12.0. The monoisotopic (exact) mass is 261 g/mol. The van der Waals surface area contributed by atoms with Crippen molar-refractivity contribution in [1.29, 1.82) is 0 Å². The Kier molecular flexibility index (Phi) is 3.80. The molecule has 5 heteroatoms. The fourth-order valence-corrected chi connectivity index (χ4v) is 4.42. The van der Waals surface area contributed by atoms with Crippen LogP contribution in [0.25, 0.3) is 0 Å². The van der Waals surface area contributed by atoms with E-state index in [2.05, 4.69) is 18.6 Å². The molecule has 1 aliphatic heterocycles. The summed E-state index contributed by atoms with van der Waals surface area (Å²) in [5.41, 5.74) is 0.275. The van der Waals surface area contributed by atoms with Crippen LogP contribution in [0, 0.1) is 5.41 Å². The molecule has 1 saturated heterocycles. The van der Waals surface area contributed by atoms with Crippen molar-refractivity contribution in [2.24, 2.45) is 5.41 Å². The highest BCUT2D eigenvalue weighted by atomic mass is 32.2. The van der Waals surface area contributed by atoms with Gasteiger partial charge in [0.15, 0.2) is 0 Å². The molecule has 4 nitrogen and oxygen atoms in total. The van der Waals surface area contributed by atoms with Crippen LogP contribution in [-0.2, 0) is 14.8 Å². The minimum absolute atomic E-state index is 0.0955. The quantitative estimate of drug-likeness (QED) is 0.837. The lowest BCUT2D eigenvalue weighted by molar-refractivity contribution is 0.127. The molecule has 0 aromatic rings. The standard InChI is InChI=1S/C12H23NO3S/c1-12(2)6-5-10(8-12)13-17(14,15)9-11-4-3-7-16-11/h10-11,13H,3-9H2,1-2H3. The Morgan fingerprint density at radius 3 is 2.65 bits per heavy atom. The zero-order valence-electron chi connectivity index (χ0n) is 10.7. The molecule has 1 N–H and O–H groups in total. The van der Waals surface area contributed by atoms with E-state index in [9.17, 15) is 8.42 Å². The van der Waals surface area contributed by atoms with Gasteiger partial charge >= 0.3 is 0 Å². The Labute approximate surface area is 104 Å². The summed E-state index contributed by atoms with van der Waals surface area (Å²) in [5.74, 6) is 0.129. The third-order valence-corrected chi connectivity index (χ3v) is 5.25. The second-order valence-electron chi connectivity index (χ2n) is 6.14. The van der Waals surface area contributed by atoms with Gasteiger partial charge in [0, 0.05) is 12.6 Å². The van der Waals surface area contributed by atoms with E-state index in [-0.39, 0.29) is 23.3 Å². The summed E-state index contributed by atoms with van der Waals surface area (Å²) in [5, 5.41) is 0. The molecule has 2 fully saturated rings. The molecular weight excluding hydrogens is 238 g/mol. The van der Waals surface area contributed by atoms with Crippen LogP contribution in [0.15, 0.2) is 0 Å². The smallest absolute Gasteiger partial charge is 0.214 e. The highest BCUT2D eigenvalue weighted by Gasteiger charge is 2.34. The lowest BCUT2D eigenvalue weighted by Crippen LogP contribution is -2.38. The summed E-state index contributed by atoms with van der Waals surface area (Å²) >= 11 is 0. The van der Waals surface area contributed by atoms with Gasteiger partial charge < -0.3 is 4.74 Å². The first kappa shape index (κ1) is 13.3. The lowest BCUT2D eigenvalue weighted by atomic mass is 9.92. The Morgan fingerprint density at radius 1 is 1.35 bits per heavy atom. The molecular formula is C12H23NO3S. The summed E-state index contributed by atoms with van der Waals surface area (Å²) in [6, 6.07) is 0.122. The van der Waals surface area contributed by atoms with Crippen molar-refractivity contribution >= 4 is 10.0 Å². The van der Waals surface area contributed by atoms with Gasteiger partial charge in [0.05, 0.1) is 11.9 Å². The summed E-state index contributed by atoms with van der Waals surface area (Å²) in [7, 11) is -3.17. The van der Waals surface area contributed by atoms with Crippen molar-refractivity contribution in [3.8, 4) is 0 Å². The van der Waals surface area contributed by atoms with Gasteiger partial charge in [-0.1, -0.05) is 13.8 Å². The van der Waals surface area contributed by atoms with Crippen molar-refractivity contribution in [2.45, 2.75) is 58.1 Å². The summed E-state index contributed by atoms with van der Waals surface area (Å²) in [4.78, 5) is 0. The molecule has 0 amide bonds. The van der Waals surface area contributed by atoms with Gasteiger partial charge in [-0.15, -0.1) is 0 Å². The Bertz CT molecular complexity index is 358. The second-order valence-corrected chi connectivity index (χ2v) is 7.94. The van der Waals surface area contributed by atoms with Crippen molar-refractivity contribution < 1.29 is 13.2 Å². The summed E-state index contributed by atoms with van der Waals surface area (Å²) < 4.78 is 32.1. The predicted octanol–water partition coefficient (Wildman–Crippen LogP) is 1.66. The first-order valence-electron chi connectivity index (χ1n) is 6.48. The maximum atomic E-state index is 12.0. The SMILES string of the molecule is CC1(C)CCC(NS(=O)(=O)CC2CCCO2)C1. The van der Waals surface area contributed by atoms with E-state index in [0.29, 0.717) is 6.61 Å². The molecule has 0 spiro atoms. The van der Waals surface area contributed by atoms with E-state index in [4.69, 9.17) is 4.74 Å². The van der Waals surface area contributed by atoms with Crippen LogP contribution < -0.4 is 4.72 Å². The molecule has 1 heterocycles. The number of sulfonamides is 1. The molecule has 2 unspecified atom stereocenters. The van der Waals surface area contributed by atoms with Gasteiger partial charge in [-0.2, -0.15) is 0 Å². The van der Waals surface area contributed by atoms with Crippen molar-refractivity contribution in [2.75, 3.05) is 12.4 Å². The topological polar surface area (TPSA) is 55.4 Å². The van der Waals surface area contributed by atoms with E-state index in [1.165, 1.54) is 0 Å². The summed E-state index contributed by atoms with van der Waals surface area (Å²) in [6.45, 7) is 5.10. The van der Waals surface area contributed by atoms with Crippen LogP contribution in [0.1, 0.15) is 46.0 Å². The Balaban J connectivity index is 1.85. The molecule has 0 bridgehead atoms. The van der Waals surface area contributed by atoms with E-state index in [0.717, 1.165) is 32.1 Å². The first-order chi connectivity index (χ1) is 7.86. The Morgan fingerprint density at radius 2 is 2.12 bits per heavy atom. The minimum atomic E-state index is -3.17. The zero-order valence-corrected chi connectivity index (χ0v) is 11.6. The largest absolute Gasteiger partial charge is 0.377 e. The summed E-state index contributed by atoms with van der Waals surface area (Å²) in [6.07, 6.45) is 4.76. The van der Waals surface area contributed by atoms with Crippen LogP contribution in [0.3, 0.4) is 0 Å². The molecule has 2 rings (SSSR count). The van der Waals surface area contributed by atoms with E-state index in [1.807, 2.05) is 0 Å². The molecule has 1 aliphatic carbocycles. The highest BCUT2D eigenvalue weighted by molar-refractivity contribution is 7.89. The molecule has 100 valence electrons. The van der Waals surface area contributed by atoms with Crippen LogP contribution in [0.5, 0.6) is 0 Å². The average Bonchev–Trinajstić information content (AvgIpc) is 2.74. The van der Waals surface area contributed by atoms with Gasteiger partial charge in [-0.3, -0.25) is 0 Å². The molecule has 1 saturated carbocycles. The van der Waals surface area contributed by atoms with Gasteiger partial charge in [-0.25, -0.2) is 13.1 Å². The van der Waals surface area contributed by atoms with Gasteiger partial charge in [0.1, 0.15) is 0 Å². The van der Waals surface area contributed by atoms with E-state index >= 15 is 0 Å². The number of ether oxygens (including phenoxy) is 1. The zero-order chi connectivity index (χ0) is 12.5. The van der Waals surface area contributed by atoms with Crippen LogP contribution in [0.4, 0.5) is 0 Å². The number of hydrogen-bond donors (Lipinski definition) is 1. The first-order valence-corrected chi connectivity index (χ1v) is 8.13.